The highest BCUT2D eigenvalue weighted by atomic mass is 16.2. The second-order valence-corrected chi connectivity index (χ2v) is 5.99. The molecule has 132 valence electrons. The van der Waals surface area contributed by atoms with Crippen molar-refractivity contribution in [1.29, 1.82) is 0 Å². The van der Waals surface area contributed by atoms with E-state index in [1.54, 1.807) is 29.2 Å². The molecule has 0 radical (unpaired) electrons. The van der Waals surface area contributed by atoms with Crippen molar-refractivity contribution in [2.45, 2.75) is 18.4 Å². The van der Waals surface area contributed by atoms with Crippen LogP contribution >= 0.6 is 0 Å². The third-order valence-electron chi connectivity index (χ3n) is 4.42. The topological polar surface area (TPSA) is 101 Å². The van der Waals surface area contributed by atoms with Crippen molar-refractivity contribution in [3.63, 3.8) is 0 Å². The second kappa shape index (κ2) is 7.89. The average Bonchev–Trinajstić information content (AvgIpc) is 3.21. The first kappa shape index (κ1) is 17.1. The lowest BCUT2D eigenvalue weighted by Gasteiger charge is -2.36. The average molecular weight is 342 g/mol. The van der Waals surface area contributed by atoms with Gasteiger partial charge in [-0.3, -0.25) is 19.3 Å². The van der Waals surface area contributed by atoms with Crippen molar-refractivity contribution in [3.05, 3.63) is 48.5 Å². The number of nitrogens with zero attached hydrogens (tertiary/aromatic N) is 3. The van der Waals surface area contributed by atoms with E-state index in [1.165, 1.54) is 6.20 Å². The van der Waals surface area contributed by atoms with Crippen LogP contribution in [0.15, 0.2) is 43.0 Å². The molecule has 2 aromatic rings. The summed E-state index contributed by atoms with van der Waals surface area (Å²) in [7, 11) is 0. The summed E-state index contributed by atoms with van der Waals surface area (Å²) in [6, 6.07) is 5.23. The van der Waals surface area contributed by atoms with E-state index >= 15 is 0 Å². The summed E-state index contributed by atoms with van der Waals surface area (Å²) in [5, 5.41) is 13.3. The number of hydrogen-bond acceptors (Lipinski definition) is 5. The molecule has 2 amide bonds. The fourth-order valence-electron chi connectivity index (χ4n) is 3.04. The van der Waals surface area contributed by atoms with E-state index in [0.29, 0.717) is 31.5 Å². The molecule has 0 unspecified atom stereocenters. The highest BCUT2D eigenvalue weighted by molar-refractivity contribution is 5.93. The molecule has 1 fully saturated rings. The Balaban J connectivity index is 1.53. The number of hydrogen-bond donors (Lipinski definition) is 3. The molecule has 0 bridgehead atoms. The molecule has 0 aromatic carbocycles. The van der Waals surface area contributed by atoms with Crippen LogP contribution in [0.3, 0.4) is 0 Å². The van der Waals surface area contributed by atoms with Gasteiger partial charge in [-0.1, -0.05) is 0 Å². The number of amides is 2. The van der Waals surface area contributed by atoms with Crippen LogP contribution in [-0.2, 0) is 10.3 Å². The molecule has 3 heterocycles. The summed E-state index contributed by atoms with van der Waals surface area (Å²) >= 11 is 0. The first-order valence-corrected chi connectivity index (χ1v) is 8.40. The number of pyridine rings is 1. The van der Waals surface area contributed by atoms with Gasteiger partial charge in [0.2, 0.25) is 5.91 Å². The Morgan fingerprint density at radius 1 is 1.16 bits per heavy atom. The fraction of sp³-hybridized carbons (Fsp3) is 0.412. The lowest BCUT2D eigenvalue weighted by Crippen LogP contribution is -2.55. The molecule has 8 nitrogen and oxygen atoms in total. The first-order valence-electron chi connectivity index (χ1n) is 8.40. The maximum absolute atomic E-state index is 12.8. The van der Waals surface area contributed by atoms with E-state index in [9.17, 15) is 9.59 Å². The molecule has 1 aliphatic heterocycles. The van der Waals surface area contributed by atoms with E-state index < -0.39 is 5.54 Å². The Kier molecular flexibility index (Phi) is 5.39. The second-order valence-electron chi connectivity index (χ2n) is 5.99. The van der Waals surface area contributed by atoms with Crippen LogP contribution in [0.4, 0.5) is 0 Å². The molecule has 2 aromatic heterocycles. The Hall–Kier alpha value is -2.74. The van der Waals surface area contributed by atoms with Gasteiger partial charge in [-0.25, -0.2) is 0 Å². The number of nitrogens with one attached hydrogen (secondary N) is 3. The van der Waals surface area contributed by atoms with Crippen LogP contribution in [0.25, 0.3) is 0 Å². The summed E-state index contributed by atoms with van der Waals surface area (Å²) in [5.41, 5.74) is -0.164. The van der Waals surface area contributed by atoms with Crippen molar-refractivity contribution in [2.24, 2.45) is 0 Å². The molecule has 3 rings (SSSR count). The van der Waals surface area contributed by atoms with E-state index in [-0.39, 0.29) is 11.8 Å². The van der Waals surface area contributed by atoms with Crippen LogP contribution in [0.1, 0.15) is 23.2 Å². The van der Waals surface area contributed by atoms with Gasteiger partial charge in [-0.05, 0) is 44.1 Å². The van der Waals surface area contributed by atoms with E-state index in [2.05, 4.69) is 26.0 Å². The van der Waals surface area contributed by atoms with E-state index in [0.717, 1.165) is 13.1 Å². The smallest absolute Gasteiger partial charge is 0.252 e. The van der Waals surface area contributed by atoms with Gasteiger partial charge in [0.05, 0.1) is 5.56 Å². The Labute approximate surface area is 146 Å². The molecule has 0 saturated carbocycles. The summed E-state index contributed by atoms with van der Waals surface area (Å²) in [6.45, 7) is 2.25. The first-order chi connectivity index (χ1) is 12.2. The standard InChI is InChI=1S/C17H22N6O2/c24-15(14-3-1-6-19-13-14)20-10-11-21-16(25)17(4-8-18-9-5-17)23-12-2-7-22-23/h1-3,6-7,12-13,18H,4-5,8-11H2,(H,20,24)(H,21,25). The van der Waals surface area contributed by atoms with Crippen LogP contribution in [0, 0.1) is 0 Å². The van der Waals surface area contributed by atoms with Gasteiger partial charge < -0.3 is 16.0 Å². The zero-order valence-electron chi connectivity index (χ0n) is 13.9. The summed E-state index contributed by atoms with van der Waals surface area (Å²) in [4.78, 5) is 28.7. The minimum Gasteiger partial charge on any atom is -0.352 e. The van der Waals surface area contributed by atoms with Gasteiger partial charge in [0.25, 0.3) is 5.91 Å². The van der Waals surface area contributed by atoms with Crippen LogP contribution in [0.5, 0.6) is 0 Å². The molecular weight excluding hydrogens is 320 g/mol. The summed E-state index contributed by atoms with van der Waals surface area (Å²) in [5.74, 6) is -0.265. The summed E-state index contributed by atoms with van der Waals surface area (Å²) < 4.78 is 1.75. The highest BCUT2D eigenvalue weighted by Gasteiger charge is 2.41. The molecular formula is C17H22N6O2. The van der Waals surface area contributed by atoms with Crippen molar-refractivity contribution in [1.82, 2.24) is 30.7 Å². The third kappa shape index (κ3) is 3.85. The van der Waals surface area contributed by atoms with Gasteiger partial charge in [-0.15, -0.1) is 0 Å². The molecule has 0 spiro atoms. The highest BCUT2D eigenvalue weighted by Crippen LogP contribution is 2.26. The minimum atomic E-state index is -0.665. The van der Waals surface area contributed by atoms with Crippen molar-refractivity contribution >= 4 is 11.8 Å². The Morgan fingerprint density at radius 2 is 1.96 bits per heavy atom. The van der Waals surface area contributed by atoms with Crippen LogP contribution in [0.2, 0.25) is 0 Å². The largest absolute Gasteiger partial charge is 0.352 e. The van der Waals surface area contributed by atoms with E-state index in [1.807, 2.05) is 12.3 Å². The molecule has 0 atom stereocenters. The number of rotatable bonds is 6. The number of carbonyl (C=O) groups excluding carboxylic acids is 2. The predicted molar refractivity (Wildman–Crippen MR) is 91.9 cm³/mol. The number of carbonyl (C=O) groups is 2. The number of piperidine rings is 1. The molecule has 0 aliphatic carbocycles. The zero-order chi connectivity index (χ0) is 17.5. The quantitative estimate of drug-likeness (QED) is 0.637. The SMILES string of the molecule is O=C(NCCNC(=O)C1(n2cccn2)CCNCC1)c1cccnc1. The molecule has 8 heteroatoms. The maximum Gasteiger partial charge on any atom is 0.252 e. The van der Waals surface area contributed by atoms with Gasteiger partial charge in [0.1, 0.15) is 5.54 Å². The van der Waals surface area contributed by atoms with E-state index in [4.69, 9.17) is 0 Å². The normalized spacial score (nSPS) is 16.2. The lowest BCUT2D eigenvalue weighted by molar-refractivity contribution is -0.131. The monoisotopic (exact) mass is 342 g/mol. The van der Waals surface area contributed by atoms with Gasteiger partial charge in [-0.2, -0.15) is 5.10 Å². The Bertz CT molecular complexity index is 695. The minimum absolute atomic E-state index is 0.0617. The molecule has 3 N–H and O–H groups in total. The van der Waals surface area contributed by atoms with Crippen molar-refractivity contribution < 1.29 is 9.59 Å². The summed E-state index contributed by atoms with van der Waals surface area (Å²) in [6.07, 6.45) is 8.01. The fourth-order valence-corrected chi connectivity index (χ4v) is 3.04. The molecule has 1 aliphatic rings. The molecule has 25 heavy (non-hydrogen) atoms. The lowest BCUT2D eigenvalue weighted by atomic mass is 9.87. The van der Waals surface area contributed by atoms with Gasteiger partial charge in [0, 0.05) is 37.9 Å². The molecule has 1 saturated heterocycles. The van der Waals surface area contributed by atoms with Gasteiger partial charge >= 0.3 is 0 Å². The number of aromatic nitrogens is 3. The van der Waals surface area contributed by atoms with Crippen molar-refractivity contribution in [2.75, 3.05) is 26.2 Å². The van der Waals surface area contributed by atoms with Crippen LogP contribution in [-0.4, -0.2) is 52.8 Å². The third-order valence-corrected chi connectivity index (χ3v) is 4.42. The predicted octanol–water partition coefficient (Wildman–Crippen LogP) is -0.0970. The van der Waals surface area contributed by atoms with Gasteiger partial charge in [0.15, 0.2) is 0 Å². The maximum atomic E-state index is 12.8. The van der Waals surface area contributed by atoms with Crippen LogP contribution < -0.4 is 16.0 Å². The Morgan fingerprint density at radius 3 is 2.64 bits per heavy atom. The zero-order valence-corrected chi connectivity index (χ0v) is 13.9. The van der Waals surface area contributed by atoms with Crippen molar-refractivity contribution in [3.8, 4) is 0 Å².